The Morgan fingerprint density at radius 2 is 1.84 bits per heavy atom. The van der Waals surface area contributed by atoms with Crippen molar-refractivity contribution < 1.29 is 9.59 Å². The van der Waals surface area contributed by atoms with Crippen molar-refractivity contribution in [1.82, 2.24) is 10.6 Å². The lowest BCUT2D eigenvalue weighted by Crippen LogP contribution is -2.57. The van der Waals surface area contributed by atoms with E-state index in [1.54, 1.807) is 6.08 Å². The molecule has 2 N–H and O–H groups in total. The molecule has 5 aliphatic rings. The van der Waals surface area contributed by atoms with Gasteiger partial charge in [-0.15, -0.1) is 0 Å². The zero-order chi connectivity index (χ0) is 17.4. The molecule has 0 spiro atoms. The number of ketones is 1. The topological polar surface area (TPSA) is 58.2 Å². The van der Waals surface area contributed by atoms with Gasteiger partial charge in [0.15, 0.2) is 5.78 Å². The quantitative estimate of drug-likeness (QED) is 0.811. The van der Waals surface area contributed by atoms with E-state index in [0.29, 0.717) is 24.3 Å². The Balaban J connectivity index is 1.48. The van der Waals surface area contributed by atoms with Crippen molar-refractivity contribution in [3.63, 3.8) is 0 Å². The molecule has 6 atom stereocenters. The largest absolute Gasteiger partial charge is 0.329 e. The molecule has 1 unspecified atom stereocenters. The third kappa shape index (κ3) is 2.22. The van der Waals surface area contributed by atoms with Crippen LogP contribution < -0.4 is 10.6 Å². The van der Waals surface area contributed by atoms with Crippen LogP contribution in [0.1, 0.15) is 65.2 Å². The Hall–Kier alpha value is -1.16. The maximum Gasteiger partial charge on any atom is 0.224 e. The lowest BCUT2D eigenvalue weighted by atomic mass is 9.49. The first-order chi connectivity index (χ1) is 11.9. The van der Waals surface area contributed by atoms with Crippen molar-refractivity contribution in [2.45, 2.75) is 77.3 Å². The molecule has 4 nitrogen and oxygen atoms in total. The first-order valence-electron chi connectivity index (χ1n) is 10.2. The number of carbonyl (C=O) groups excluding carboxylic acids is 2. The average molecular weight is 342 g/mol. The Bertz CT molecular complexity index is 667. The van der Waals surface area contributed by atoms with E-state index < -0.39 is 0 Å². The normalized spacial score (nSPS) is 49.0. The van der Waals surface area contributed by atoms with Crippen LogP contribution in [0.4, 0.5) is 0 Å². The molecule has 3 saturated carbocycles. The van der Waals surface area contributed by atoms with Crippen molar-refractivity contribution in [2.24, 2.45) is 28.6 Å². The van der Waals surface area contributed by atoms with Crippen molar-refractivity contribution in [3.05, 3.63) is 11.8 Å². The molecule has 5 rings (SSSR count). The molecule has 25 heavy (non-hydrogen) atoms. The van der Waals surface area contributed by atoms with Gasteiger partial charge >= 0.3 is 0 Å². The van der Waals surface area contributed by atoms with Crippen molar-refractivity contribution in [1.29, 1.82) is 0 Å². The minimum atomic E-state index is -0.0180. The van der Waals surface area contributed by atoms with Crippen LogP contribution in [-0.2, 0) is 9.59 Å². The standard InChI is InChI=1S/C21H30N2O2/c1-20-9-7-14-19(13(20)5-6-16(20)22-12-3-4-12)15(24)11-17-21(14,2)10-8-18(25)23-17/h11-14,16,19,22H,3-10H2,1-2H3,(H,23,25)/t13-,14+,16?,19-,20-,21+/m0/s1. The van der Waals surface area contributed by atoms with E-state index in [2.05, 4.69) is 24.5 Å². The fourth-order valence-corrected chi connectivity index (χ4v) is 6.75. The number of hydrogen-bond donors (Lipinski definition) is 2. The van der Waals surface area contributed by atoms with E-state index in [1.165, 1.54) is 32.1 Å². The summed E-state index contributed by atoms with van der Waals surface area (Å²) in [4.78, 5) is 25.0. The number of piperidine rings is 1. The van der Waals surface area contributed by atoms with Crippen molar-refractivity contribution >= 4 is 11.7 Å². The van der Waals surface area contributed by atoms with Gasteiger partial charge in [0.2, 0.25) is 5.91 Å². The lowest BCUT2D eigenvalue weighted by Gasteiger charge is -2.56. The van der Waals surface area contributed by atoms with Gasteiger partial charge in [0.05, 0.1) is 0 Å². The molecule has 4 aliphatic carbocycles. The average Bonchev–Trinajstić information content (AvgIpc) is 3.32. The summed E-state index contributed by atoms with van der Waals surface area (Å²) < 4.78 is 0. The summed E-state index contributed by atoms with van der Waals surface area (Å²) in [6, 6.07) is 1.32. The van der Waals surface area contributed by atoms with E-state index in [-0.39, 0.29) is 28.4 Å². The zero-order valence-electron chi connectivity index (χ0n) is 15.4. The van der Waals surface area contributed by atoms with Gasteiger partial charge in [-0.1, -0.05) is 13.8 Å². The number of allylic oxidation sites excluding steroid dienone is 2. The number of fused-ring (bicyclic) bond motifs is 5. The SMILES string of the molecule is C[C@]12CCC(=O)NC1=CC(=O)[C@@H]1[C@H]2CC[C@]2(C)C(NC3CC3)CC[C@@H]12. The van der Waals surface area contributed by atoms with E-state index in [0.717, 1.165) is 24.6 Å². The molecule has 0 bridgehead atoms. The summed E-state index contributed by atoms with van der Waals surface area (Å²) in [7, 11) is 0. The van der Waals surface area contributed by atoms with Crippen LogP contribution in [0.5, 0.6) is 0 Å². The summed E-state index contributed by atoms with van der Waals surface area (Å²) in [5.41, 5.74) is 1.15. The second-order valence-electron chi connectivity index (χ2n) is 9.78. The lowest BCUT2D eigenvalue weighted by molar-refractivity contribution is -0.135. The Kier molecular flexibility index (Phi) is 3.33. The summed E-state index contributed by atoms with van der Waals surface area (Å²) in [6.07, 6.45) is 10.7. The van der Waals surface area contributed by atoms with Gasteiger partial charge in [-0.05, 0) is 62.2 Å². The Morgan fingerprint density at radius 3 is 2.60 bits per heavy atom. The van der Waals surface area contributed by atoms with Gasteiger partial charge in [-0.3, -0.25) is 9.59 Å². The fraction of sp³-hybridized carbons (Fsp3) is 0.810. The van der Waals surface area contributed by atoms with E-state index >= 15 is 0 Å². The summed E-state index contributed by atoms with van der Waals surface area (Å²) in [5.74, 6) is 1.42. The Labute approximate surface area is 150 Å². The minimum Gasteiger partial charge on any atom is -0.329 e. The van der Waals surface area contributed by atoms with Crippen LogP contribution in [0.3, 0.4) is 0 Å². The van der Waals surface area contributed by atoms with E-state index in [4.69, 9.17) is 0 Å². The highest BCUT2D eigenvalue weighted by Gasteiger charge is 2.61. The highest BCUT2D eigenvalue weighted by molar-refractivity contribution is 5.96. The highest BCUT2D eigenvalue weighted by Crippen LogP contribution is 2.63. The van der Waals surface area contributed by atoms with Gasteiger partial charge in [0.25, 0.3) is 0 Å². The molecule has 1 amide bonds. The van der Waals surface area contributed by atoms with Crippen molar-refractivity contribution in [2.75, 3.05) is 0 Å². The second kappa shape index (κ2) is 5.18. The van der Waals surface area contributed by atoms with Crippen LogP contribution in [0, 0.1) is 28.6 Å². The minimum absolute atomic E-state index is 0.0180. The molecule has 0 aromatic heterocycles. The van der Waals surface area contributed by atoms with Crippen LogP contribution in [0.15, 0.2) is 11.8 Å². The van der Waals surface area contributed by atoms with Gasteiger partial charge < -0.3 is 10.6 Å². The van der Waals surface area contributed by atoms with Crippen LogP contribution >= 0.6 is 0 Å². The van der Waals surface area contributed by atoms with E-state index in [9.17, 15) is 9.59 Å². The predicted octanol–water partition coefficient (Wildman–Crippen LogP) is 2.93. The number of amides is 1. The van der Waals surface area contributed by atoms with E-state index in [1.807, 2.05) is 0 Å². The maximum atomic E-state index is 13.1. The molecule has 1 aliphatic heterocycles. The van der Waals surface area contributed by atoms with Crippen LogP contribution in [0.25, 0.3) is 0 Å². The van der Waals surface area contributed by atoms with Gasteiger partial charge in [-0.2, -0.15) is 0 Å². The van der Waals surface area contributed by atoms with Crippen LogP contribution in [-0.4, -0.2) is 23.8 Å². The van der Waals surface area contributed by atoms with Gasteiger partial charge in [0.1, 0.15) is 0 Å². The number of nitrogens with one attached hydrogen (secondary N) is 2. The smallest absolute Gasteiger partial charge is 0.224 e. The van der Waals surface area contributed by atoms with Crippen molar-refractivity contribution in [3.8, 4) is 0 Å². The zero-order valence-corrected chi connectivity index (χ0v) is 15.4. The molecule has 1 heterocycles. The molecule has 0 radical (unpaired) electrons. The maximum absolute atomic E-state index is 13.1. The molecular weight excluding hydrogens is 312 g/mol. The molecule has 136 valence electrons. The molecule has 4 heteroatoms. The fourth-order valence-electron chi connectivity index (χ4n) is 6.75. The van der Waals surface area contributed by atoms with Crippen LogP contribution in [0.2, 0.25) is 0 Å². The molecule has 1 saturated heterocycles. The summed E-state index contributed by atoms with van der Waals surface area (Å²) >= 11 is 0. The first kappa shape index (κ1) is 16.0. The number of hydrogen-bond acceptors (Lipinski definition) is 3. The van der Waals surface area contributed by atoms with Gasteiger partial charge in [0, 0.05) is 41.6 Å². The third-order valence-electron chi connectivity index (χ3n) is 8.48. The molecule has 0 aromatic carbocycles. The monoisotopic (exact) mass is 342 g/mol. The third-order valence-corrected chi connectivity index (χ3v) is 8.48. The second-order valence-corrected chi connectivity index (χ2v) is 9.78. The summed E-state index contributed by atoms with van der Waals surface area (Å²) in [5, 5.41) is 6.91. The number of rotatable bonds is 2. The molecular formula is C21H30N2O2. The van der Waals surface area contributed by atoms with Gasteiger partial charge in [-0.25, -0.2) is 0 Å². The molecule has 0 aromatic rings. The summed E-state index contributed by atoms with van der Waals surface area (Å²) in [6.45, 7) is 4.73. The Morgan fingerprint density at radius 1 is 1.04 bits per heavy atom. The first-order valence-corrected chi connectivity index (χ1v) is 10.2. The highest BCUT2D eigenvalue weighted by atomic mass is 16.2. The molecule has 4 fully saturated rings. The number of carbonyl (C=O) groups is 2. The predicted molar refractivity (Wildman–Crippen MR) is 95.6 cm³/mol.